The number of benzene rings is 3. The van der Waals surface area contributed by atoms with Crippen LogP contribution in [0.4, 0.5) is 10.5 Å². The number of aromatic nitrogens is 3. The minimum absolute atomic E-state index is 0.201. The molecule has 0 saturated heterocycles. The van der Waals surface area contributed by atoms with Crippen molar-refractivity contribution in [3.8, 4) is 11.5 Å². The molecule has 3 aromatic carbocycles. The van der Waals surface area contributed by atoms with Crippen molar-refractivity contribution in [1.29, 1.82) is 0 Å². The molecule has 0 saturated carbocycles. The Morgan fingerprint density at radius 1 is 1.00 bits per heavy atom. The van der Waals surface area contributed by atoms with Crippen LogP contribution in [0.25, 0.3) is 11.5 Å². The Balaban J connectivity index is 1.55. The number of aryl methyl sites for hydroxylation is 2. The number of nitrogens with zero attached hydrogens (tertiary/aromatic N) is 4. The summed E-state index contributed by atoms with van der Waals surface area (Å²) >= 11 is 6.22. The summed E-state index contributed by atoms with van der Waals surface area (Å²) in [5.41, 5.74) is 6.84. The van der Waals surface area contributed by atoms with Crippen LogP contribution in [-0.2, 0) is 13.0 Å². The number of para-hydroxylation sites is 1. The molecule has 7 heteroatoms. The number of rotatable bonds is 4. The largest absolute Gasteiger partial charge is 0.322 e. The highest BCUT2D eigenvalue weighted by molar-refractivity contribution is 6.30. The van der Waals surface area contributed by atoms with E-state index in [9.17, 15) is 4.79 Å². The number of carbonyl (C=O) groups is 1. The second kappa shape index (κ2) is 9.88. The number of carbonyl (C=O) groups excluding carboxylic acids is 1. The number of urea groups is 1. The van der Waals surface area contributed by atoms with E-state index in [4.69, 9.17) is 16.7 Å². The van der Waals surface area contributed by atoms with Crippen LogP contribution in [0.2, 0.25) is 5.02 Å². The third-order valence-electron chi connectivity index (χ3n) is 7.03. The Morgan fingerprint density at radius 3 is 2.53 bits per heavy atom. The van der Waals surface area contributed by atoms with Crippen molar-refractivity contribution in [1.82, 2.24) is 19.2 Å². The maximum Gasteiger partial charge on any atom is 0.322 e. The summed E-state index contributed by atoms with van der Waals surface area (Å²) in [5.74, 6) is 0.961. The Bertz CT molecular complexity index is 1600. The molecule has 1 aliphatic rings. The van der Waals surface area contributed by atoms with Gasteiger partial charge in [-0.1, -0.05) is 72.6 Å². The van der Waals surface area contributed by atoms with Crippen molar-refractivity contribution in [2.24, 2.45) is 0 Å². The van der Waals surface area contributed by atoms with Crippen molar-refractivity contribution in [3.05, 3.63) is 130 Å². The second-order valence-electron chi connectivity index (χ2n) is 9.53. The summed E-state index contributed by atoms with van der Waals surface area (Å²) in [6, 6.07) is 29.4. The van der Waals surface area contributed by atoms with Gasteiger partial charge in [-0.2, -0.15) is 5.10 Å². The smallest absolute Gasteiger partial charge is 0.308 e. The highest BCUT2D eigenvalue weighted by Crippen LogP contribution is 2.39. The first-order valence-corrected chi connectivity index (χ1v) is 13.1. The average Bonchev–Trinajstić information content (AvgIpc) is 3.51. The SMILES string of the molecule is CCc1nn(-c2ccccc2)c2c1CN(C(=O)Nc1cccc(Cl)c1)C(c1ccc(C)cc1)c1cccn1-2. The monoisotopic (exact) mass is 521 g/mol. The number of fused-ring (bicyclic) bond motifs is 3. The van der Waals surface area contributed by atoms with E-state index in [2.05, 4.69) is 72.4 Å². The number of anilines is 1. The number of halogens is 1. The van der Waals surface area contributed by atoms with Gasteiger partial charge in [0.2, 0.25) is 0 Å². The van der Waals surface area contributed by atoms with E-state index in [1.807, 2.05) is 46.0 Å². The standard InChI is InChI=1S/C31H28ClN5O/c1-3-27-26-20-36(31(38)33-24-10-7-9-23(32)19-24)29(22-16-14-21(2)15-17-22)28-13-8-18-35(28)30(26)37(34-27)25-11-5-4-6-12-25/h4-19,29H,3,20H2,1-2H3,(H,33,38). The highest BCUT2D eigenvalue weighted by Gasteiger charge is 2.36. The molecule has 1 N–H and O–H groups in total. The first kappa shape index (κ1) is 24.1. The first-order chi connectivity index (χ1) is 18.5. The molecule has 0 aliphatic carbocycles. The molecule has 2 amide bonds. The molecule has 190 valence electrons. The lowest BCUT2D eigenvalue weighted by Gasteiger charge is -2.31. The van der Waals surface area contributed by atoms with E-state index < -0.39 is 0 Å². The zero-order chi connectivity index (χ0) is 26.2. The number of hydrogen-bond donors (Lipinski definition) is 1. The van der Waals surface area contributed by atoms with Crippen molar-refractivity contribution in [2.45, 2.75) is 32.9 Å². The van der Waals surface area contributed by atoms with Crippen LogP contribution in [0, 0.1) is 6.92 Å². The highest BCUT2D eigenvalue weighted by atomic mass is 35.5. The lowest BCUT2D eigenvalue weighted by molar-refractivity contribution is 0.194. The summed E-state index contributed by atoms with van der Waals surface area (Å²) in [6.45, 7) is 4.58. The third-order valence-corrected chi connectivity index (χ3v) is 7.27. The zero-order valence-electron chi connectivity index (χ0n) is 21.3. The van der Waals surface area contributed by atoms with Gasteiger partial charge < -0.3 is 14.8 Å². The molecule has 38 heavy (non-hydrogen) atoms. The van der Waals surface area contributed by atoms with Gasteiger partial charge in [0.15, 0.2) is 0 Å². The van der Waals surface area contributed by atoms with Crippen molar-refractivity contribution >= 4 is 23.3 Å². The van der Waals surface area contributed by atoms with E-state index in [0.717, 1.165) is 40.4 Å². The van der Waals surface area contributed by atoms with Crippen LogP contribution in [0.1, 0.15) is 41.0 Å². The molecule has 6 rings (SSSR count). The van der Waals surface area contributed by atoms with Crippen molar-refractivity contribution in [3.63, 3.8) is 0 Å². The Morgan fingerprint density at radius 2 is 1.79 bits per heavy atom. The first-order valence-electron chi connectivity index (χ1n) is 12.8. The lowest BCUT2D eigenvalue weighted by Crippen LogP contribution is -2.38. The fraction of sp³-hybridized carbons (Fsp3) is 0.161. The van der Waals surface area contributed by atoms with E-state index >= 15 is 0 Å². The van der Waals surface area contributed by atoms with Gasteiger partial charge in [-0.25, -0.2) is 9.48 Å². The molecular formula is C31H28ClN5O. The predicted octanol–water partition coefficient (Wildman–Crippen LogP) is 7.32. The Labute approximate surface area is 227 Å². The van der Waals surface area contributed by atoms with E-state index in [-0.39, 0.29) is 12.1 Å². The molecule has 5 aromatic rings. The van der Waals surface area contributed by atoms with Crippen LogP contribution in [-0.4, -0.2) is 25.3 Å². The van der Waals surface area contributed by atoms with Gasteiger partial charge in [-0.15, -0.1) is 0 Å². The maximum atomic E-state index is 14.0. The van der Waals surface area contributed by atoms with Gasteiger partial charge in [-0.3, -0.25) is 0 Å². The molecule has 1 atom stereocenters. The fourth-order valence-electron chi connectivity index (χ4n) is 5.21. The molecular weight excluding hydrogens is 494 g/mol. The third kappa shape index (κ3) is 4.27. The van der Waals surface area contributed by atoms with Gasteiger partial charge >= 0.3 is 6.03 Å². The number of hydrogen-bond acceptors (Lipinski definition) is 2. The molecule has 0 fully saturated rings. The maximum absolute atomic E-state index is 14.0. The van der Waals surface area contributed by atoms with Gasteiger partial charge in [0.05, 0.1) is 29.7 Å². The van der Waals surface area contributed by atoms with Gasteiger partial charge in [0.25, 0.3) is 0 Å². The van der Waals surface area contributed by atoms with Gasteiger partial charge in [0.1, 0.15) is 5.82 Å². The Kier molecular flexibility index (Phi) is 6.26. The van der Waals surface area contributed by atoms with E-state index in [0.29, 0.717) is 17.3 Å². The normalized spacial score (nSPS) is 14.5. The Hall–Kier alpha value is -4.29. The van der Waals surface area contributed by atoms with Gasteiger partial charge in [0, 0.05) is 22.5 Å². The van der Waals surface area contributed by atoms with Crippen molar-refractivity contribution in [2.75, 3.05) is 5.32 Å². The zero-order valence-corrected chi connectivity index (χ0v) is 22.1. The summed E-state index contributed by atoms with van der Waals surface area (Å²) < 4.78 is 4.19. The molecule has 0 bridgehead atoms. The minimum atomic E-state index is -0.314. The van der Waals surface area contributed by atoms with Crippen LogP contribution in [0.15, 0.2) is 97.2 Å². The van der Waals surface area contributed by atoms with Crippen LogP contribution < -0.4 is 5.32 Å². The average molecular weight is 522 g/mol. The molecule has 0 spiro atoms. The summed E-state index contributed by atoms with van der Waals surface area (Å²) in [4.78, 5) is 15.9. The molecule has 3 heterocycles. The van der Waals surface area contributed by atoms with Gasteiger partial charge in [-0.05, 0) is 61.4 Å². The molecule has 6 nitrogen and oxygen atoms in total. The quantitative estimate of drug-likeness (QED) is 0.269. The molecule has 2 aromatic heterocycles. The van der Waals surface area contributed by atoms with Crippen LogP contribution in [0.5, 0.6) is 0 Å². The minimum Gasteiger partial charge on any atom is -0.308 e. The summed E-state index contributed by atoms with van der Waals surface area (Å²) in [6.07, 6.45) is 2.81. The summed E-state index contributed by atoms with van der Waals surface area (Å²) in [7, 11) is 0. The molecule has 0 radical (unpaired) electrons. The van der Waals surface area contributed by atoms with Crippen molar-refractivity contribution < 1.29 is 4.79 Å². The fourth-order valence-corrected chi connectivity index (χ4v) is 5.40. The predicted molar refractivity (Wildman–Crippen MR) is 151 cm³/mol. The van der Waals surface area contributed by atoms with Crippen LogP contribution in [0.3, 0.4) is 0 Å². The number of nitrogens with one attached hydrogen (secondary N) is 1. The molecule has 1 aliphatic heterocycles. The van der Waals surface area contributed by atoms with Crippen LogP contribution >= 0.6 is 11.6 Å². The van der Waals surface area contributed by atoms with E-state index in [1.165, 1.54) is 5.56 Å². The van der Waals surface area contributed by atoms with E-state index in [1.54, 1.807) is 12.1 Å². The molecule has 1 unspecified atom stereocenters. The number of amides is 2. The lowest BCUT2D eigenvalue weighted by atomic mass is 10.0. The second-order valence-corrected chi connectivity index (χ2v) is 9.97. The topological polar surface area (TPSA) is 55.1 Å². The summed E-state index contributed by atoms with van der Waals surface area (Å²) in [5, 5.41) is 8.68.